The molecule has 0 aliphatic carbocycles. The Hall–Kier alpha value is -1.57. The largest absolute Gasteiger partial charge is 0.454 e. The van der Waals surface area contributed by atoms with Crippen LogP contribution in [0, 0.1) is 0 Å². The molecule has 0 saturated carbocycles. The summed E-state index contributed by atoms with van der Waals surface area (Å²) in [5, 5.41) is 0. The van der Waals surface area contributed by atoms with Gasteiger partial charge < -0.3 is 4.74 Å². The predicted molar refractivity (Wildman–Crippen MR) is 102 cm³/mol. The van der Waals surface area contributed by atoms with Crippen LogP contribution in [0.3, 0.4) is 0 Å². The van der Waals surface area contributed by atoms with E-state index in [1.54, 1.807) is 6.92 Å². The van der Waals surface area contributed by atoms with Gasteiger partial charge in [-0.3, -0.25) is 0 Å². The Morgan fingerprint density at radius 3 is 2.04 bits per heavy atom. The van der Waals surface area contributed by atoms with Crippen molar-refractivity contribution in [3.63, 3.8) is 0 Å². The number of carbonyl (C=O) groups is 1. The van der Waals surface area contributed by atoms with Gasteiger partial charge in [-0.2, -0.15) is 0 Å². The minimum atomic E-state index is -0.292. The van der Waals surface area contributed by atoms with E-state index in [-0.39, 0.29) is 12.1 Å². The Labute approximate surface area is 148 Å². The molecule has 0 aliphatic heterocycles. The van der Waals surface area contributed by atoms with Gasteiger partial charge in [0.25, 0.3) is 0 Å². The standard InChI is InChI=1S/C22H34O2/c1-4-5-6-7-8-9-10-11-15-18-21(24-22(23)19(2)3)20-16-13-12-14-17-20/h12-14,16-17,21H,2,4-11,15,18H2,1,3H3. The average molecular weight is 331 g/mol. The topological polar surface area (TPSA) is 26.3 Å². The molecule has 1 aromatic rings. The quantitative estimate of drug-likeness (QED) is 0.227. The summed E-state index contributed by atoms with van der Waals surface area (Å²) in [5.41, 5.74) is 1.54. The highest BCUT2D eigenvalue weighted by molar-refractivity contribution is 5.87. The van der Waals surface area contributed by atoms with Crippen LogP contribution >= 0.6 is 0 Å². The van der Waals surface area contributed by atoms with E-state index < -0.39 is 0 Å². The molecule has 0 saturated heterocycles. The maximum Gasteiger partial charge on any atom is 0.333 e. The second-order valence-corrected chi connectivity index (χ2v) is 6.70. The molecule has 0 aromatic heterocycles. The molecule has 2 nitrogen and oxygen atoms in total. The number of esters is 1. The molecule has 0 heterocycles. The van der Waals surface area contributed by atoms with Gasteiger partial charge in [-0.1, -0.05) is 95.2 Å². The van der Waals surface area contributed by atoms with Gasteiger partial charge in [-0.15, -0.1) is 0 Å². The number of unbranched alkanes of at least 4 members (excludes halogenated alkanes) is 8. The van der Waals surface area contributed by atoms with E-state index in [9.17, 15) is 4.79 Å². The van der Waals surface area contributed by atoms with E-state index in [1.165, 1.54) is 51.4 Å². The fourth-order valence-corrected chi connectivity index (χ4v) is 2.83. The van der Waals surface area contributed by atoms with Crippen molar-refractivity contribution in [2.24, 2.45) is 0 Å². The Morgan fingerprint density at radius 1 is 0.958 bits per heavy atom. The van der Waals surface area contributed by atoms with Crippen molar-refractivity contribution in [2.45, 2.75) is 84.2 Å². The number of benzene rings is 1. The molecule has 0 aliphatic rings. The molecule has 2 heteroatoms. The van der Waals surface area contributed by atoms with Crippen LogP contribution in [-0.2, 0) is 9.53 Å². The van der Waals surface area contributed by atoms with Crippen LogP contribution in [0.5, 0.6) is 0 Å². The molecule has 0 bridgehead atoms. The van der Waals surface area contributed by atoms with Crippen LogP contribution in [0.4, 0.5) is 0 Å². The van der Waals surface area contributed by atoms with Crippen LogP contribution in [0.1, 0.15) is 89.7 Å². The molecule has 134 valence electrons. The monoisotopic (exact) mass is 330 g/mol. The predicted octanol–water partition coefficient (Wildman–Crippen LogP) is 6.77. The molecule has 1 unspecified atom stereocenters. The van der Waals surface area contributed by atoms with Crippen LogP contribution in [0.15, 0.2) is 42.5 Å². The van der Waals surface area contributed by atoms with Crippen molar-refractivity contribution in [1.82, 2.24) is 0 Å². The van der Waals surface area contributed by atoms with Gasteiger partial charge in [0.05, 0.1) is 0 Å². The second kappa shape index (κ2) is 12.8. The summed E-state index contributed by atoms with van der Waals surface area (Å²) in [6.45, 7) is 7.63. The Bertz CT molecular complexity index is 464. The smallest absolute Gasteiger partial charge is 0.333 e. The molecule has 1 aromatic carbocycles. The van der Waals surface area contributed by atoms with Gasteiger partial charge in [0.15, 0.2) is 0 Å². The highest BCUT2D eigenvalue weighted by Gasteiger charge is 2.16. The summed E-state index contributed by atoms with van der Waals surface area (Å²) in [5.74, 6) is -0.292. The molecule has 0 fully saturated rings. The normalized spacial score (nSPS) is 11.9. The summed E-state index contributed by atoms with van der Waals surface area (Å²) >= 11 is 0. The molecule has 0 spiro atoms. The van der Waals surface area contributed by atoms with Gasteiger partial charge in [-0.05, 0) is 25.3 Å². The van der Waals surface area contributed by atoms with Crippen LogP contribution in [0.2, 0.25) is 0 Å². The Balaban J connectivity index is 2.30. The second-order valence-electron chi connectivity index (χ2n) is 6.70. The van der Waals surface area contributed by atoms with Crippen molar-refractivity contribution in [3.05, 3.63) is 48.0 Å². The lowest BCUT2D eigenvalue weighted by molar-refractivity contribution is -0.145. The third-order valence-electron chi connectivity index (χ3n) is 4.34. The van der Waals surface area contributed by atoms with E-state index >= 15 is 0 Å². The van der Waals surface area contributed by atoms with Crippen molar-refractivity contribution in [3.8, 4) is 0 Å². The molecule has 0 N–H and O–H groups in total. The third-order valence-corrected chi connectivity index (χ3v) is 4.34. The zero-order valence-electron chi connectivity index (χ0n) is 15.6. The molecule has 1 atom stereocenters. The third kappa shape index (κ3) is 8.90. The van der Waals surface area contributed by atoms with E-state index in [0.717, 1.165) is 18.4 Å². The minimum Gasteiger partial charge on any atom is -0.454 e. The summed E-state index contributed by atoms with van der Waals surface area (Å²) in [7, 11) is 0. The molecule has 1 rings (SSSR count). The lowest BCUT2D eigenvalue weighted by Crippen LogP contribution is -2.12. The van der Waals surface area contributed by atoms with Crippen molar-refractivity contribution < 1.29 is 9.53 Å². The number of carbonyl (C=O) groups excluding carboxylic acids is 1. The Kier molecular flexibility index (Phi) is 10.9. The molecular weight excluding hydrogens is 296 g/mol. The average Bonchev–Trinajstić information content (AvgIpc) is 2.59. The van der Waals surface area contributed by atoms with Gasteiger partial charge >= 0.3 is 5.97 Å². The first kappa shape index (κ1) is 20.5. The van der Waals surface area contributed by atoms with Gasteiger partial charge in [0, 0.05) is 5.57 Å². The summed E-state index contributed by atoms with van der Waals surface area (Å²) in [6.07, 6.45) is 12.4. The lowest BCUT2D eigenvalue weighted by atomic mass is 10.0. The first-order valence-electron chi connectivity index (χ1n) is 9.56. The maximum atomic E-state index is 11.9. The molecular formula is C22H34O2. The number of hydrogen-bond acceptors (Lipinski definition) is 2. The fraction of sp³-hybridized carbons (Fsp3) is 0.591. The molecule has 0 amide bonds. The van der Waals surface area contributed by atoms with E-state index in [2.05, 4.69) is 13.5 Å². The first-order valence-corrected chi connectivity index (χ1v) is 9.56. The number of ether oxygens (including phenoxy) is 1. The van der Waals surface area contributed by atoms with E-state index in [4.69, 9.17) is 4.74 Å². The van der Waals surface area contributed by atoms with Crippen molar-refractivity contribution in [1.29, 1.82) is 0 Å². The highest BCUT2D eigenvalue weighted by atomic mass is 16.5. The van der Waals surface area contributed by atoms with E-state index in [1.807, 2.05) is 30.3 Å². The van der Waals surface area contributed by atoms with Crippen LogP contribution in [0.25, 0.3) is 0 Å². The zero-order valence-corrected chi connectivity index (χ0v) is 15.6. The van der Waals surface area contributed by atoms with Gasteiger partial charge in [-0.25, -0.2) is 4.79 Å². The van der Waals surface area contributed by atoms with Crippen molar-refractivity contribution >= 4 is 5.97 Å². The Morgan fingerprint density at radius 2 is 1.50 bits per heavy atom. The summed E-state index contributed by atoms with van der Waals surface area (Å²) < 4.78 is 5.63. The molecule has 24 heavy (non-hydrogen) atoms. The molecule has 0 radical (unpaired) electrons. The zero-order chi connectivity index (χ0) is 17.6. The van der Waals surface area contributed by atoms with Gasteiger partial charge in [0.1, 0.15) is 6.10 Å². The first-order chi connectivity index (χ1) is 11.6. The van der Waals surface area contributed by atoms with Crippen molar-refractivity contribution in [2.75, 3.05) is 0 Å². The minimum absolute atomic E-state index is 0.153. The highest BCUT2D eigenvalue weighted by Crippen LogP contribution is 2.25. The summed E-state index contributed by atoms with van der Waals surface area (Å²) in [6, 6.07) is 10.0. The van der Waals surface area contributed by atoms with Crippen LogP contribution in [-0.4, -0.2) is 5.97 Å². The maximum absolute atomic E-state index is 11.9. The lowest BCUT2D eigenvalue weighted by Gasteiger charge is -2.18. The number of rotatable bonds is 13. The van der Waals surface area contributed by atoms with Crippen LogP contribution < -0.4 is 0 Å². The van der Waals surface area contributed by atoms with Gasteiger partial charge in [0.2, 0.25) is 0 Å². The summed E-state index contributed by atoms with van der Waals surface area (Å²) in [4.78, 5) is 11.9. The number of hydrogen-bond donors (Lipinski definition) is 0. The van der Waals surface area contributed by atoms with E-state index in [0.29, 0.717) is 5.57 Å². The fourth-order valence-electron chi connectivity index (χ4n) is 2.83. The SMILES string of the molecule is C=C(C)C(=O)OC(CCCCCCCCCCC)c1ccccc1.